The lowest BCUT2D eigenvalue weighted by Gasteiger charge is -2.32. The minimum Gasteiger partial charge on any atom is -0.508 e. The third-order valence-corrected chi connectivity index (χ3v) is 5.40. The normalized spacial score (nSPS) is 20.7. The molecule has 2 aliphatic rings. The van der Waals surface area contributed by atoms with Gasteiger partial charge in [-0.1, -0.05) is 24.3 Å². The van der Waals surface area contributed by atoms with Crippen molar-refractivity contribution in [3.05, 3.63) is 59.2 Å². The lowest BCUT2D eigenvalue weighted by atomic mass is 10.00. The summed E-state index contributed by atoms with van der Waals surface area (Å²) < 4.78 is 5.79. The van der Waals surface area contributed by atoms with Crippen molar-refractivity contribution < 1.29 is 19.7 Å². The van der Waals surface area contributed by atoms with E-state index in [1.54, 1.807) is 11.0 Å². The SMILES string of the molecule is C[C@@H]1CN(CC(O)CN2CCc3ccccc3C2)C(=O)c2ccc(O)cc2O1. The highest BCUT2D eigenvalue weighted by molar-refractivity contribution is 5.97. The van der Waals surface area contributed by atoms with E-state index in [1.165, 1.54) is 23.3 Å². The number of benzene rings is 2. The number of aliphatic hydroxyl groups is 1. The van der Waals surface area contributed by atoms with Gasteiger partial charge in [0.1, 0.15) is 17.6 Å². The second kappa shape index (κ2) is 7.81. The van der Waals surface area contributed by atoms with Gasteiger partial charge in [0.15, 0.2) is 0 Å². The number of β-amino-alcohol motifs (C(OH)–C–C–N with tert-alkyl or cyclic N) is 1. The molecular formula is C22H26N2O4. The summed E-state index contributed by atoms with van der Waals surface area (Å²) in [6.45, 7) is 4.79. The first-order chi connectivity index (χ1) is 13.5. The number of aromatic hydroxyl groups is 1. The predicted molar refractivity (Wildman–Crippen MR) is 106 cm³/mol. The standard InChI is InChI=1S/C22H26N2O4/c1-15-11-24(22(27)20-7-6-18(25)10-21(20)28-15)14-19(26)13-23-9-8-16-4-2-3-5-17(16)12-23/h2-7,10,15,19,25-26H,8-9,11-14H2,1H3/t15-,19?/m1/s1. The maximum absolute atomic E-state index is 12.9. The van der Waals surface area contributed by atoms with Crippen LogP contribution in [0.4, 0.5) is 0 Å². The number of amides is 1. The number of hydrogen-bond acceptors (Lipinski definition) is 5. The minimum absolute atomic E-state index is 0.0672. The summed E-state index contributed by atoms with van der Waals surface area (Å²) in [6.07, 6.45) is 0.119. The third-order valence-electron chi connectivity index (χ3n) is 5.40. The molecule has 0 aromatic heterocycles. The topological polar surface area (TPSA) is 73.2 Å². The first kappa shape index (κ1) is 18.8. The highest BCUT2D eigenvalue weighted by atomic mass is 16.5. The molecule has 148 valence electrons. The average molecular weight is 382 g/mol. The van der Waals surface area contributed by atoms with Gasteiger partial charge < -0.3 is 19.8 Å². The zero-order valence-corrected chi connectivity index (χ0v) is 16.0. The molecule has 0 fully saturated rings. The van der Waals surface area contributed by atoms with Gasteiger partial charge in [0, 0.05) is 32.2 Å². The number of fused-ring (bicyclic) bond motifs is 2. The van der Waals surface area contributed by atoms with Crippen LogP contribution in [-0.2, 0) is 13.0 Å². The van der Waals surface area contributed by atoms with Crippen LogP contribution in [0.5, 0.6) is 11.5 Å². The van der Waals surface area contributed by atoms with E-state index >= 15 is 0 Å². The van der Waals surface area contributed by atoms with Crippen molar-refractivity contribution >= 4 is 5.91 Å². The van der Waals surface area contributed by atoms with Crippen molar-refractivity contribution in [2.45, 2.75) is 32.1 Å². The lowest BCUT2D eigenvalue weighted by molar-refractivity contribution is 0.0454. The number of ether oxygens (including phenoxy) is 1. The Kier molecular flexibility index (Phi) is 5.24. The molecule has 6 heteroatoms. The first-order valence-corrected chi connectivity index (χ1v) is 9.76. The summed E-state index contributed by atoms with van der Waals surface area (Å²) in [5.74, 6) is 0.280. The molecule has 0 radical (unpaired) electrons. The molecule has 2 N–H and O–H groups in total. The van der Waals surface area contributed by atoms with Gasteiger partial charge in [-0.25, -0.2) is 0 Å². The lowest BCUT2D eigenvalue weighted by Crippen LogP contribution is -2.45. The van der Waals surface area contributed by atoms with E-state index in [2.05, 4.69) is 23.1 Å². The van der Waals surface area contributed by atoms with Gasteiger partial charge in [0.25, 0.3) is 5.91 Å². The molecule has 28 heavy (non-hydrogen) atoms. The highest BCUT2D eigenvalue weighted by Crippen LogP contribution is 2.29. The monoisotopic (exact) mass is 382 g/mol. The number of carbonyl (C=O) groups is 1. The maximum Gasteiger partial charge on any atom is 0.257 e. The van der Waals surface area contributed by atoms with Crippen LogP contribution in [0.1, 0.15) is 28.4 Å². The Balaban J connectivity index is 1.42. The van der Waals surface area contributed by atoms with Crippen LogP contribution in [0, 0.1) is 0 Å². The number of phenolic OH excluding ortho intramolecular Hbond substituents is 1. The van der Waals surface area contributed by atoms with Crippen LogP contribution in [0.3, 0.4) is 0 Å². The van der Waals surface area contributed by atoms with Gasteiger partial charge in [-0.2, -0.15) is 0 Å². The Bertz CT molecular complexity index is 869. The first-order valence-electron chi connectivity index (χ1n) is 9.76. The second-order valence-corrected chi connectivity index (χ2v) is 7.73. The number of phenols is 1. The van der Waals surface area contributed by atoms with E-state index in [0.717, 1.165) is 19.5 Å². The largest absolute Gasteiger partial charge is 0.508 e. The van der Waals surface area contributed by atoms with Gasteiger partial charge in [0.2, 0.25) is 0 Å². The molecule has 0 spiro atoms. The molecule has 0 aliphatic carbocycles. The van der Waals surface area contributed by atoms with E-state index < -0.39 is 6.10 Å². The van der Waals surface area contributed by atoms with E-state index in [-0.39, 0.29) is 24.3 Å². The Labute approximate surface area is 165 Å². The molecule has 2 heterocycles. The van der Waals surface area contributed by atoms with E-state index in [4.69, 9.17) is 4.74 Å². The van der Waals surface area contributed by atoms with Crippen molar-refractivity contribution in [1.82, 2.24) is 9.80 Å². The summed E-state index contributed by atoms with van der Waals surface area (Å²) in [6, 6.07) is 12.9. The molecule has 0 saturated carbocycles. The molecule has 4 rings (SSSR count). The molecular weight excluding hydrogens is 356 g/mol. The number of rotatable bonds is 4. The number of aliphatic hydroxyl groups excluding tert-OH is 1. The quantitative estimate of drug-likeness (QED) is 0.847. The van der Waals surface area contributed by atoms with E-state index in [9.17, 15) is 15.0 Å². The molecule has 0 bridgehead atoms. The Morgan fingerprint density at radius 2 is 1.96 bits per heavy atom. The van der Waals surface area contributed by atoms with Gasteiger partial charge in [-0.05, 0) is 36.6 Å². The molecule has 1 amide bonds. The van der Waals surface area contributed by atoms with Crippen molar-refractivity contribution in [2.75, 3.05) is 26.2 Å². The highest BCUT2D eigenvalue weighted by Gasteiger charge is 2.29. The van der Waals surface area contributed by atoms with Gasteiger partial charge >= 0.3 is 0 Å². The zero-order valence-electron chi connectivity index (χ0n) is 16.0. The molecule has 2 aliphatic heterocycles. The van der Waals surface area contributed by atoms with E-state index in [1.807, 2.05) is 13.0 Å². The molecule has 2 aromatic carbocycles. The van der Waals surface area contributed by atoms with Crippen molar-refractivity contribution in [3.8, 4) is 11.5 Å². The smallest absolute Gasteiger partial charge is 0.257 e. The van der Waals surface area contributed by atoms with Crippen LogP contribution < -0.4 is 4.74 Å². The Morgan fingerprint density at radius 1 is 1.18 bits per heavy atom. The molecule has 2 aromatic rings. The maximum atomic E-state index is 12.9. The van der Waals surface area contributed by atoms with Gasteiger partial charge in [-0.15, -0.1) is 0 Å². The fourth-order valence-electron chi connectivity index (χ4n) is 4.08. The van der Waals surface area contributed by atoms with Crippen molar-refractivity contribution in [1.29, 1.82) is 0 Å². The van der Waals surface area contributed by atoms with Crippen molar-refractivity contribution in [2.24, 2.45) is 0 Å². The van der Waals surface area contributed by atoms with Crippen LogP contribution in [0.25, 0.3) is 0 Å². The van der Waals surface area contributed by atoms with Crippen LogP contribution in [0.15, 0.2) is 42.5 Å². The summed E-state index contributed by atoms with van der Waals surface area (Å²) in [4.78, 5) is 16.8. The number of carbonyl (C=O) groups excluding carboxylic acids is 1. The Morgan fingerprint density at radius 3 is 2.79 bits per heavy atom. The molecule has 6 nitrogen and oxygen atoms in total. The van der Waals surface area contributed by atoms with Crippen molar-refractivity contribution in [3.63, 3.8) is 0 Å². The zero-order chi connectivity index (χ0) is 19.7. The Hall–Kier alpha value is -2.57. The summed E-state index contributed by atoms with van der Waals surface area (Å²) in [5.41, 5.74) is 3.10. The predicted octanol–water partition coefficient (Wildman–Crippen LogP) is 2.03. The summed E-state index contributed by atoms with van der Waals surface area (Å²) >= 11 is 0. The minimum atomic E-state index is -0.639. The summed E-state index contributed by atoms with van der Waals surface area (Å²) in [5, 5.41) is 20.3. The molecule has 2 atom stereocenters. The average Bonchev–Trinajstić information content (AvgIpc) is 2.77. The number of hydrogen-bond donors (Lipinski definition) is 2. The van der Waals surface area contributed by atoms with Crippen LogP contribution in [0.2, 0.25) is 0 Å². The second-order valence-electron chi connectivity index (χ2n) is 7.73. The number of nitrogens with zero attached hydrogens (tertiary/aromatic N) is 2. The molecule has 1 unspecified atom stereocenters. The molecule has 0 saturated heterocycles. The van der Waals surface area contributed by atoms with Crippen LogP contribution in [-0.4, -0.2) is 64.3 Å². The van der Waals surface area contributed by atoms with Crippen LogP contribution >= 0.6 is 0 Å². The fourth-order valence-corrected chi connectivity index (χ4v) is 4.08. The third kappa shape index (κ3) is 3.98. The van der Waals surface area contributed by atoms with E-state index in [0.29, 0.717) is 24.4 Å². The van der Waals surface area contributed by atoms with Gasteiger partial charge in [0.05, 0.1) is 18.2 Å². The fraction of sp³-hybridized carbons (Fsp3) is 0.409. The van der Waals surface area contributed by atoms with Gasteiger partial charge in [-0.3, -0.25) is 9.69 Å². The summed E-state index contributed by atoms with van der Waals surface area (Å²) in [7, 11) is 0.